The van der Waals surface area contributed by atoms with E-state index in [0.717, 1.165) is 12.1 Å². The van der Waals surface area contributed by atoms with Crippen molar-refractivity contribution >= 4 is 15.7 Å². The lowest BCUT2D eigenvalue weighted by Gasteiger charge is -2.50. The normalized spacial score (nSPS) is 24.0. The highest BCUT2D eigenvalue weighted by molar-refractivity contribution is 7.93. The number of carbonyl (C=O) groups is 1. The number of nitrogens with zero attached hydrogens (tertiary/aromatic N) is 2. The summed E-state index contributed by atoms with van der Waals surface area (Å²) in [6.07, 6.45) is 3.59. The molecule has 1 aromatic heterocycles. The lowest BCUT2D eigenvalue weighted by Crippen LogP contribution is -2.68. The summed E-state index contributed by atoms with van der Waals surface area (Å²) in [6.45, 7) is 3.38. The maximum absolute atomic E-state index is 12.5. The van der Waals surface area contributed by atoms with Gasteiger partial charge >= 0.3 is 0 Å². The van der Waals surface area contributed by atoms with Crippen LogP contribution in [0.25, 0.3) is 0 Å². The average Bonchev–Trinajstić information content (AvgIpc) is 2.78. The minimum Gasteiger partial charge on any atom is -0.375 e. The summed E-state index contributed by atoms with van der Waals surface area (Å²) in [7, 11) is -3.16. The van der Waals surface area contributed by atoms with Crippen LogP contribution in [-0.4, -0.2) is 54.4 Å². The number of aromatic nitrogens is 1. The summed E-state index contributed by atoms with van der Waals surface area (Å²) < 4.78 is 30.0. The molecule has 3 heterocycles. The van der Waals surface area contributed by atoms with Gasteiger partial charge in [0.2, 0.25) is 5.91 Å². The summed E-state index contributed by atoms with van der Waals surface area (Å²) in [4.78, 5) is 17.9. The molecule has 0 aliphatic carbocycles. The molecule has 3 rings (SSSR count). The number of hydrogen-bond acceptors (Lipinski definition) is 5. The topological polar surface area (TPSA) is 76.6 Å². The van der Waals surface area contributed by atoms with E-state index < -0.39 is 14.6 Å². The van der Waals surface area contributed by atoms with E-state index in [2.05, 4.69) is 4.98 Å². The maximum atomic E-state index is 12.5. The number of ether oxygens (including phenoxy) is 1. The van der Waals surface area contributed by atoms with Gasteiger partial charge in [0.25, 0.3) is 0 Å². The molecule has 7 heteroatoms. The monoisotopic (exact) mass is 352 g/mol. The second-order valence-corrected chi connectivity index (χ2v) is 9.16. The molecule has 6 nitrogen and oxygen atoms in total. The highest BCUT2D eigenvalue weighted by Gasteiger charge is 2.62. The molecule has 2 fully saturated rings. The number of sulfone groups is 1. The van der Waals surface area contributed by atoms with Crippen molar-refractivity contribution in [2.75, 3.05) is 25.4 Å². The summed E-state index contributed by atoms with van der Waals surface area (Å²) in [5.41, 5.74) is 0.834. The van der Waals surface area contributed by atoms with E-state index in [1.165, 1.54) is 0 Å². The first-order valence-corrected chi connectivity index (χ1v) is 10.1. The van der Waals surface area contributed by atoms with Crippen LogP contribution in [0.3, 0.4) is 0 Å². The molecule has 2 aliphatic rings. The molecule has 1 amide bonds. The predicted molar refractivity (Wildman–Crippen MR) is 90.0 cm³/mol. The van der Waals surface area contributed by atoms with Crippen LogP contribution in [0.4, 0.5) is 0 Å². The molecule has 132 valence electrons. The second-order valence-electron chi connectivity index (χ2n) is 6.71. The van der Waals surface area contributed by atoms with Gasteiger partial charge in [0, 0.05) is 31.6 Å². The predicted octanol–water partition coefficient (Wildman–Crippen LogP) is 1.41. The standard InChI is InChI=1S/C17H24N2O4S/c1-2-5-16(20)19-12-17(13-19)14(7-9-24(17,21)22)10-23-11-15-6-3-4-8-18-15/h3-4,6,8,14H,2,5,7,9-13H2,1H3/t14-/m1/s1. The van der Waals surface area contributed by atoms with Crippen molar-refractivity contribution in [1.29, 1.82) is 0 Å². The SMILES string of the molecule is CCCC(=O)N1CC2(C1)[C@@H](COCc1ccccn1)CCS2(=O)=O. The fourth-order valence-corrected chi connectivity index (χ4v) is 6.05. The van der Waals surface area contributed by atoms with Gasteiger partial charge in [-0.2, -0.15) is 0 Å². The van der Waals surface area contributed by atoms with Crippen LogP contribution in [0.2, 0.25) is 0 Å². The summed E-state index contributed by atoms with van der Waals surface area (Å²) in [6, 6.07) is 5.63. The molecule has 2 aliphatic heterocycles. The van der Waals surface area contributed by atoms with E-state index in [-0.39, 0.29) is 17.6 Å². The second kappa shape index (κ2) is 6.80. The third-order valence-electron chi connectivity index (χ3n) is 5.13. The van der Waals surface area contributed by atoms with E-state index in [4.69, 9.17) is 4.74 Å². The van der Waals surface area contributed by atoms with Crippen LogP contribution in [-0.2, 0) is 26.0 Å². The van der Waals surface area contributed by atoms with Crippen molar-refractivity contribution in [2.24, 2.45) is 5.92 Å². The Bertz CT molecular complexity index is 684. The molecule has 1 aromatic rings. The molecule has 0 bridgehead atoms. The van der Waals surface area contributed by atoms with Gasteiger partial charge in [-0.15, -0.1) is 0 Å². The lowest BCUT2D eigenvalue weighted by molar-refractivity contribution is -0.138. The maximum Gasteiger partial charge on any atom is 0.222 e. The molecular formula is C17H24N2O4S. The van der Waals surface area contributed by atoms with Crippen molar-refractivity contribution in [1.82, 2.24) is 9.88 Å². The Morgan fingerprint density at radius 3 is 2.88 bits per heavy atom. The van der Waals surface area contributed by atoms with Gasteiger partial charge in [0.1, 0.15) is 4.75 Å². The number of carbonyl (C=O) groups excluding carboxylic acids is 1. The highest BCUT2D eigenvalue weighted by Crippen LogP contribution is 2.45. The number of rotatable bonds is 6. The number of pyridine rings is 1. The van der Waals surface area contributed by atoms with Crippen LogP contribution in [0.5, 0.6) is 0 Å². The minimum atomic E-state index is -3.16. The summed E-state index contributed by atoms with van der Waals surface area (Å²) in [5.74, 6) is 0.204. The fourth-order valence-electron chi connectivity index (χ4n) is 3.65. The number of likely N-dealkylation sites (tertiary alicyclic amines) is 1. The Morgan fingerprint density at radius 2 is 2.21 bits per heavy atom. The molecule has 0 saturated carbocycles. The van der Waals surface area contributed by atoms with Crippen LogP contribution < -0.4 is 0 Å². The quantitative estimate of drug-likeness (QED) is 0.774. The van der Waals surface area contributed by atoms with Crippen molar-refractivity contribution in [2.45, 2.75) is 37.5 Å². The molecule has 0 radical (unpaired) electrons. The third-order valence-corrected chi connectivity index (χ3v) is 7.73. The molecule has 1 spiro atoms. The third kappa shape index (κ3) is 3.07. The van der Waals surface area contributed by atoms with Gasteiger partial charge in [-0.1, -0.05) is 13.0 Å². The van der Waals surface area contributed by atoms with Crippen molar-refractivity contribution in [3.63, 3.8) is 0 Å². The molecule has 24 heavy (non-hydrogen) atoms. The zero-order valence-corrected chi connectivity index (χ0v) is 14.8. The average molecular weight is 352 g/mol. The van der Waals surface area contributed by atoms with E-state index in [9.17, 15) is 13.2 Å². The first-order valence-electron chi connectivity index (χ1n) is 8.46. The van der Waals surface area contributed by atoms with Crippen molar-refractivity contribution in [3.8, 4) is 0 Å². The van der Waals surface area contributed by atoms with Crippen molar-refractivity contribution in [3.05, 3.63) is 30.1 Å². The smallest absolute Gasteiger partial charge is 0.222 e. The fraction of sp³-hybridized carbons (Fsp3) is 0.647. The molecule has 0 N–H and O–H groups in total. The summed E-state index contributed by atoms with van der Waals surface area (Å²) in [5, 5.41) is 0. The van der Waals surface area contributed by atoms with E-state index in [0.29, 0.717) is 39.1 Å². The van der Waals surface area contributed by atoms with Crippen LogP contribution in [0.15, 0.2) is 24.4 Å². The largest absolute Gasteiger partial charge is 0.375 e. The van der Waals surface area contributed by atoms with Gasteiger partial charge in [-0.3, -0.25) is 9.78 Å². The Hall–Kier alpha value is -1.47. The first kappa shape index (κ1) is 17.4. The van der Waals surface area contributed by atoms with Gasteiger partial charge in [0.05, 0.1) is 24.7 Å². The summed E-state index contributed by atoms with van der Waals surface area (Å²) >= 11 is 0. The lowest BCUT2D eigenvalue weighted by atomic mass is 9.83. The van der Waals surface area contributed by atoms with Gasteiger partial charge in [-0.05, 0) is 25.0 Å². The van der Waals surface area contributed by atoms with E-state index >= 15 is 0 Å². The van der Waals surface area contributed by atoms with Crippen LogP contribution in [0.1, 0.15) is 31.9 Å². The minimum absolute atomic E-state index is 0.0445. The molecule has 2 saturated heterocycles. The zero-order valence-electron chi connectivity index (χ0n) is 14.0. The zero-order chi connectivity index (χ0) is 17.2. The molecular weight excluding hydrogens is 328 g/mol. The van der Waals surface area contributed by atoms with E-state index in [1.807, 2.05) is 25.1 Å². The van der Waals surface area contributed by atoms with Crippen molar-refractivity contribution < 1.29 is 17.9 Å². The van der Waals surface area contributed by atoms with Gasteiger partial charge in [0.15, 0.2) is 9.84 Å². The van der Waals surface area contributed by atoms with E-state index in [1.54, 1.807) is 11.1 Å². The Kier molecular flexibility index (Phi) is 4.92. The number of hydrogen-bond donors (Lipinski definition) is 0. The van der Waals surface area contributed by atoms with Gasteiger partial charge in [-0.25, -0.2) is 8.42 Å². The number of amides is 1. The molecule has 1 atom stereocenters. The van der Waals surface area contributed by atoms with Crippen LogP contribution >= 0.6 is 0 Å². The first-order chi connectivity index (χ1) is 11.5. The Labute approximate surface area is 143 Å². The Morgan fingerprint density at radius 1 is 1.42 bits per heavy atom. The van der Waals surface area contributed by atoms with Crippen LogP contribution in [0, 0.1) is 5.92 Å². The molecule has 0 aromatic carbocycles. The Balaban J connectivity index is 1.60. The van der Waals surface area contributed by atoms with Gasteiger partial charge < -0.3 is 9.64 Å². The molecule has 0 unspecified atom stereocenters. The highest BCUT2D eigenvalue weighted by atomic mass is 32.2.